The minimum atomic E-state index is -3.13. The van der Waals surface area contributed by atoms with Crippen molar-refractivity contribution in [1.82, 2.24) is 0 Å². The summed E-state index contributed by atoms with van der Waals surface area (Å²) < 4.78 is 22.7. The van der Waals surface area contributed by atoms with E-state index < -0.39 is 9.84 Å². The van der Waals surface area contributed by atoms with E-state index in [9.17, 15) is 8.42 Å². The van der Waals surface area contributed by atoms with Gasteiger partial charge in [-0.2, -0.15) is 0 Å². The van der Waals surface area contributed by atoms with Gasteiger partial charge in [-0.05, 0) is 43.4 Å². The Morgan fingerprint density at radius 1 is 1.17 bits per heavy atom. The van der Waals surface area contributed by atoms with Crippen LogP contribution in [0.2, 0.25) is 0 Å². The Labute approximate surface area is 109 Å². The fourth-order valence-corrected chi connectivity index (χ4v) is 2.91. The quantitative estimate of drug-likeness (QED) is 0.854. The van der Waals surface area contributed by atoms with E-state index >= 15 is 0 Å². The van der Waals surface area contributed by atoms with Gasteiger partial charge < -0.3 is 5.73 Å². The van der Waals surface area contributed by atoms with Gasteiger partial charge in [-0.25, -0.2) is 8.42 Å². The van der Waals surface area contributed by atoms with Crippen LogP contribution in [0.3, 0.4) is 0 Å². The van der Waals surface area contributed by atoms with Gasteiger partial charge in [0.15, 0.2) is 9.84 Å². The molecule has 0 aromatic heterocycles. The van der Waals surface area contributed by atoms with Crippen molar-refractivity contribution < 1.29 is 8.42 Å². The molecule has 1 atom stereocenters. The molecule has 2 N–H and O–H groups in total. The van der Waals surface area contributed by atoms with Crippen molar-refractivity contribution in [3.8, 4) is 0 Å². The molecule has 98 valence electrons. The molecule has 1 aliphatic carbocycles. The van der Waals surface area contributed by atoms with Gasteiger partial charge in [-0.1, -0.05) is 23.8 Å². The van der Waals surface area contributed by atoms with Gasteiger partial charge in [0.2, 0.25) is 0 Å². The minimum Gasteiger partial charge on any atom is -0.321 e. The van der Waals surface area contributed by atoms with Crippen LogP contribution in [0.5, 0.6) is 0 Å². The van der Waals surface area contributed by atoms with Crippen molar-refractivity contribution in [2.75, 3.05) is 6.26 Å². The fraction of sp³-hybridized carbons (Fsp3) is 0.429. The predicted molar refractivity (Wildman–Crippen MR) is 73.0 cm³/mol. The number of sulfone groups is 1. The molecule has 3 nitrogen and oxygen atoms in total. The molecule has 4 heteroatoms. The predicted octanol–water partition coefficient (Wildman–Crippen LogP) is 2.59. The number of allylic oxidation sites excluding steroid dienone is 1. The van der Waals surface area contributed by atoms with Crippen LogP contribution in [0, 0.1) is 0 Å². The Morgan fingerprint density at radius 2 is 1.83 bits per heavy atom. The first-order valence-electron chi connectivity index (χ1n) is 6.23. The summed E-state index contributed by atoms with van der Waals surface area (Å²) in [5, 5.41) is 0. The highest BCUT2D eigenvalue weighted by atomic mass is 32.2. The molecule has 0 heterocycles. The van der Waals surface area contributed by atoms with E-state index in [4.69, 9.17) is 5.73 Å². The van der Waals surface area contributed by atoms with Gasteiger partial charge in [0.1, 0.15) is 0 Å². The molecule has 0 fully saturated rings. The molecule has 1 aliphatic rings. The van der Waals surface area contributed by atoms with Crippen LogP contribution in [0.25, 0.3) is 0 Å². The third-order valence-corrected chi connectivity index (χ3v) is 4.52. The van der Waals surface area contributed by atoms with Crippen molar-refractivity contribution in [1.29, 1.82) is 0 Å². The standard InChI is InChI=1S/C14H19NO2S/c1-18(16,17)13-9-7-12(8-10-13)14(15)11-5-3-2-4-6-11/h5,7-10,14H,2-4,6,15H2,1H3. The summed E-state index contributed by atoms with van der Waals surface area (Å²) in [6.07, 6.45) is 8.02. The number of rotatable bonds is 3. The molecule has 0 saturated heterocycles. The Hall–Kier alpha value is -1.13. The molecule has 1 aromatic carbocycles. The van der Waals surface area contributed by atoms with Crippen LogP contribution in [0.1, 0.15) is 37.3 Å². The third kappa shape index (κ3) is 3.00. The summed E-state index contributed by atoms with van der Waals surface area (Å²) in [6, 6.07) is 6.80. The van der Waals surface area contributed by atoms with Crippen molar-refractivity contribution in [3.63, 3.8) is 0 Å². The Balaban J connectivity index is 2.21. The summed E-state index contributed by atoms with van der Waals surface area (Å²) in [5.74, 6) is 0. The average molecular weight is 265 g/mol. The van der Waals surface area contributed by atoms with Gasteiger partial charge >= 0.3 is 0 Å². The Morgan fingerprint density at radius 3 is 2.33 bits per heavy atom. The first-order chi connectivity index (χ1) is 8.48. The monoisotopic (exact) mass is 265 g/mol. The van der Waals surface area contributed by atoms with E-state index in [0.29, 0.717) is 4.90 Å². The lowest BCUT2D eigenvalue weighted by Gasteiger charge is -2.20. The molecule has 1 unspecified atom stereocenters. The number of benzene rings is 1. The van der Waals surface area contributed by atoms with Crippen LogP contribution in [-0.2, 0) is 9.84 Å². The first kappa shape index (κ1) is 13.3. The first-order valence-corrected chi connectivity index (χ1v) is 8.12. The molecule has 0 amide bonds. The zero-order valence-electron chi connectivity index (χ0n) is 10.6. The second-order valence-electron chi connectivity index (χ2n) is 4.84. The molecule has 0 aliphatic heterocycles. The lowest BCUT2D eigenvalue weighted by atomic mass is 9.90. The van der Waals surface area contributed by atoms with E-state index in [0.717, 1.165) is 18.4 Å². The van der Waals surface area contributed by atoms with Crippen molar-refractivity contribution >= 4 is 9.84 Å². The van der Waals surface area contributed by atoms with E-state index in [2.05, 4.69) is 6.08 Å². The van der Waals surface area contributed by atoms with Gasteiger partial charge in [-0.15, -0.1) is 0 Å². The summed E-state index contributed by atoms with van der Waals surface area (Å²) in [7, 11) is -3.13. The van der Waals surface area contributed by atoms with Crippen LogP contribution < -0.4 is 5.73 Å². The van der Waals surface area contributed by atoms with Crippen molar-refractivity contribution in [2.24, 2.45) is 5.73 Å². The molecule has 1 aromatic rings. The molecule has 18 heavy (non-hydrogen) atoms. The number of nitrogens with two attached hydrogens (primary N) is 1. The van der Waals surface area contributed by atoms with Crippen LogP contribution in [0.15, 0.2) is 40.8 Å². The van der Waals surface area contributed by atoms with Gasteiger partial charge in [0.25, 0.3) is 0 Å². The summed E-state index contributed by atoms with van der Waals surface area (Å²) in [5.41, 5.74) is 8.46. The van der Waals surface area contributed by atoms with Crippen molar-refractivity contribution in [2.45, 2.75) is 36.6 Å². The van der Waals surface area contributed by atoms with E-state index in [-0.39, 0.29) is 6.04 Å². The van der Waals surface area contributed by atoms with Crippen molar-refractivity contribution in [3.05, 3.63) is 41.5 Å². The molecule has 2 rings (SSSR count). The second-order valence-corrected chi connectivity index (χ2v) is 6.86. The van der Waals surface area contributed by atoms with Crippen LogP contribution >= 0.6 is 0 Å². The molecule has 0 saturated carbocycles. The Kier molecular flexibility index (Phi) is 3.88. The molecular weight excluding hydrogens is 246 g/mol. The van der Waals surface area contributed by atoms with E-state index in [1.807, 2.05) is 12.1 Å². The summed E-state index contributed by atoms with van der Waals surface area (Å²) in [6.45, 7) is 0. The minimum absolute atomic E-state index is 0.0982. The largest absolute Gasteiger partial charge is 0.321 e. The third-order valence-electron chi connectivity index (χ3n) is 3.39. The highest BCUT2D eigenvalue weighted by molar-refractivity contribution is 7.90. The maximum atomic E-state index is 11.4. The van der Waals surface area contributed by atoms with E-state index in [1.54, 1.807) is 12.1 Å². The lowest BCUT2D eigenvalue weighted by Crippen LogP contribution is -2.15. The smallest absolute Gasteiger partial charge is 0.175 e. The normalized spacial score (nSPS) is 18.2. The molecule has 0 bridgehead atoms. The van der Waals surface area contributed by atoms with Gasteiger partial charge in [0.05, 0.1) is 10.9 Å². The maximum Gasteiger partial charge on any atom is 0.175 e. The topological polar surface area (TPSA) is 60.2 Å². The fourth-order valence-electron chi connectivity index (χ4n) is 2.28. The zero-order chi connectivity index (χ0) is 13.2. The molecule has 0 radical (unpaired) electrons. The van der Waals surface area contributed by atoms with E-state index in [1.165, 1.54) is 24.7 Å². The number of hydrogen-bond donors (Lipinski definition) is 1. The summed E-state index contributed by atoms with van der Waals surface area (Å²) >= 11 is 0. The zero-order valence-corrected chi connectivity index (χ0v) is 11.4. The number of hydrogen-bond acceptors (Lipinski definition) is 3. The van der Waals surface area contributed by atoms with Crippen LogP contribution in [0.4, 0.5) is 0 Å². The van der Waals surface area contributed by atoms with Gasteiger partial charge in [-0.3, -0.25) is 0 Å². The van der Waals surface area contributed by atoms with Gasteiger partial charge in [0, 0.05) is 6.26 Å². The molecular formula is C14H19NO2S. The molecule has 0 spiro atoms. The Bertz CT molecular complexity index is 544. The maximum absolute atomic E-state index is 11.4. The lowest BCUT2D eigenvalue weighted by molar-refractivity contribution is 0.601. The highest BCUT2D eigenvalue weighted by Gasteiger charge is 2.15. The average Bonchev–Trinajstić information content (AvgIpc) is 2.38. The summed E-state index contributed by atoms with van der Waals surface area (Å²) in [4.78, 5) is 0.344. The van der Waals surface area contributed by atoms with Crippen LogP contribution in [-0.4, -0.2) is 14.7 Å². The highest BCUT2D eigenvalue weighted by Crippen LogP contribution is 2.28. The SMILES string of the molecule is CS(=O)(=O)c1ccc(C(N)C2=CCCCC2)cc1. The second kappa shape index (κ2) is 5.24.